The first-order chi connectivity index (χ1) is 20.5. The van der Waals surface area contributed by atoms with Crippen molar-refractivity contribution < 1.29 is 4.42 Å². The molecule has 0 unspecified atom stereocenters. The van der Waals surface area contributed by atoms with E-state index in [1.807, 2.05) is 6.07 Å². The predicted octanol–water partition coefficient (Wildman–Crippen LogP) is 9.69. The van der Waals surface area contributed by atoms with Gasteiger partial charge in [0.2, 0.25) is 0 Å². The van der Waals surface area contributed by atoms with Crippen LogP contribution in [0.2, 0.25) is 0 Å². The van der Waals surface area contributed by atoms with Crippen molar-refractivity contribution in [3.63, 3.8) is 0 Å². The number of benzene rings is 4. The third-order valence-electron chi connectivity index (χ3n) is 8.06. The summed E-state index contributed by atoms with van der Waals surface area (Å²) in [6.07, 6.45) is 5.50. The summed E-state index contributed by atoms with van der Waals surface area (Å²) in [5.74, 6) is 2.75. The second-order valence-electron chi connectivity index (χ2n) is 12.1. The molecule has 0 bridgehead atoms. The Kier molecular flexibility index (Phi) is 6.66. The molecule has 0 N–H and O–H groups in total. The fraction of sp³-hybridized carbons (Fsp3) is 0.243. The number of rotatable bonds is 7. The van der Waals surface area contributed by atoms with E-state index in [0.29, 0.717) is 18.5 Å². The molecular formula is C37H36N4O. The number of nitrogens with zero attached hydrogens (tertiary/aromatic N) is 4. The number of para-hydroxylation sites is 2. The quantitative estimate of drug-likeness (QED) is 0.197. The van der Waals surface area contributed by atoms with Gasteiger partial charge >= 0.3 is 0 Å². The van der Waals surface area contributed by atoms with Crippen molar-refractivity contribution in [2.24, 2.45) is 11.8 Å². The maximum atomic E-state index is 6.61. The third kappa shape index (κ3) is 4.59. The van der Waals surface area contributed by atoms with Gasteiger partial charge in [-0.15, -0.1) is 0 Å². The van der Waals surface area contributed by atoms with E-state index in [1.54, 1.807) is 12.4 Å². The molecule has 2 aromatic heterocycles. The average Bonchev–Trinajstić information content (AvgIpc) is 3.56. The van der Waals surface area contributed by atoms with Gasteiger partial charge < -0.3 is 14.2 Å². The van der Waals surface area contributed by atoms with E-state index in [2.05, 4.69) is 116 Å². The van der Waals surface area contributed by atoms with Crippen molar-refractivity contribution >= 4 is 44.9 Å². The number of fused-ring (bicyclic) bond motifs is 4. The zero-order chi connectivity index (χ0) is 28.8. The van der Waals surface area contributed by atoms with Crippen LogP contribution in [0.3, 0.4) is 0 Å². The normalized spacial score (nSPS) is 13.2. The number of hydrogen-bond acceptors (Lipinski definition) is 5. The number of anilines is 4. The molecule has 1 aliphatic rings. The lowest BCUT2D eigenvalue weighted by Gasteiger charge is -2.23. The molecule has 0 saturated carbocycles. The Morgan fingerprint density at radius 2 is 1.36 bits per heavy atom. The maximum absolute atomic E-state index is 6.61. The van der Waals surface area contributed by atoms with E-state index < -0.39 is 0 Å². The van der Waals surface area contributed by atoms with Gasteiger partial charge in [0, 0.05) is 40.1 Å². The van der Waals surface area contributed by atoms with E-state index in [4.69, 9.17) is 14.4 Å². The largest absolute Gasteiger partial charge is 0.456 e. The zero-order valence-corrected chi connectivity index (χ0v) is 24.7. The lowest BCUT2D eigenvalue weighted by atomic mass is 9.85. The minimum atomic E-state index is 0.484. The molecule has 5 nitrogen and oxygen atoms in total. The lowest BCUT2D eigenvalue weighted by Crippen LogP contribution is -2.24. The van der Waals surface area contributed by atoms with Crippen molar-refractivity contribution in [1.82, 2.24) is 9.97 Å². The minimum Gasteiger partial charge on any atom is -0.456 e. The van der Waals surface area contributed by atoms with Crippen molar-refractivity contribution in [2.75, 3.05) is 16.5 Å². The van der Waals surface area contributed by atoms with Gasteiger partial charge in [0.25, 0.3) is 0 Å². The van der Waals surface area contributed by atoms with E-state index in [-0.39, 0.29) is 0 Å². The summed E-state index contributed by atoms with van der Waals surface area (Å²) in [5, 5.41) is 2.41. The van der Waals surface area contributed by atoms with Crippen LogP contribution in [0.15, 0.2) is 102 Å². The van der Waals surface area contributed by atoms with Crippen LogP contribution in [0.1, 0.15) is 38.8 Å². The number of furan rings is 1. The molecule has 0 saturated heterocycles. The molecule has 1 aliphatic heterocycles. The van der Waals surface area contributed by atoms with Crippen molar-refractivity contribution in [3.05, 3.63) is 108 Å². The summed E-state index contributed by atoms with van der Waals surface area (Å²) >= 11 is 0. The molecule has 0 fully saturated rings. The first-order valence-corrected chi connectivity index (χ1v) is 15.0. The molecule has 7 rings (SSSR count). The van der Waals surface area contributed by atoms with Gasteiger partial charge in [-0.2, -0.15) is 0 Å². The lowest BCUT2D eigenvalue weighted by molar-refractivity contribution is 0.620. The van der Waals surface area contributed by atoms with Crippen LogP contribution in [0, 0.1) is 11.8 Å². The molecule has 0 radical (unpaired) electrons. The highest BCUT2D eigenvalue weighted by Crippen LogP contribution is 2.44. The SMILES string of the molecule is CC(C)Cc1cc2c(oc3ccccc32)c(CC(C)C)c1-c1cccc(N2CN(c3ccccc3)c3nccnc32)c1. The van der Waals surface area contributed by atoms with Crippen LogP contribution in [0.25, 0.3) is 33.1 Å². The zero-order valence-electron chi connectivity index (χ0n) is 24.7. The van der Waals surface area contributed by atoms with Crippen molar-refractivity contribution in [1.29, 1.82) is 0 Å². The van der Waals surface area contributed by atoms with Crippen LogP contribution in [0.4, 0.5) is 23.0 Å². The third-order valence-corrected chi connectivity index (χ3v) is 8.06. The Balaban J connectivity index is 1.41. The van der Waals surface area contributed by atoms with Gasteiger partial charge in [0.05, 0.1) is 0 Å². The van der Waals surface area contributed by atoms with Crippen LogP contribution in [-0.4, -0.2) is 16.6 Å². The first-order valence-electron chi connectivity index (χ1n) is 15.0. The monoisotopic (exact) mass is 552 g/mol. The van der Waals surface area contributed by atoms with Crippen LogP contribution < -0.4 is 9.80 Å². The Hall–Kier alpha value is -4.64. The van der Waals surface area contributed by atoms with E-state index >= 15 is 0 Å². The summed E-state index contributed by atoms with van der Waals surface area (Å²) in [7, 11) is 0. The molecule has 42 heavy (non-hydrogen) atoms. The Bertz CT molecular complexity index is 1890. The smallest absolute Gasteiger partial charge is 0.178 e. The summed E-state index contributed by atoms with van der Waals surface area (Å²) in [6.45, 7) is 9.84. The van der Waals surface area contributed by atoms with Crippen LogP contribution >= 0.6 is 0 Å². The van der Waals surface area contributed by atoms with Gasteiger partial charge in [-0.3, -0.25) is 0 Å². The number of aromatic nitrogens is 2. The summed E-state index contributed by atoms with van der Waals surface area (Å²) in [6, 6.07) is 30.2. The molecular weight excluding hydrogens is 516 g/mol. The highest BCUT2D eigenvalue weighted by molar-refractivity contribution is 6.08. The molecule has 0 spiro atoms. The Morgan fingerprint density at radius 3 is 2.10 bits per heavy atom. The van der Waals surface area contributed by atoms with Gasteiger partial charge in [-0.05, 0) is 77.8 Å². The van der Waals surface area contributed by atoms with E-state index in [0.717, 1.165) is 47.0 Å². The van der Waals surface area contributed by atoms with Crippen molar-refractivity contribution in [2.45, 2.75) is 40.5 Å². The Morgan fingerprint density at radius 1 is 0.690 bits per heavy atom. The highest BCUT2D eigenvalue weighted by atomic mass is 16.3. The van der Waals surface area contributed by atoms with Gasteiger partial charge in [0.1, 0.15) is 17.8 Å². The highest BCUT2D eigenvalue weighted by Gasteiger charge is 2.31. The second kappa shape index (κ2) is 10.6. The fourth-order valence-electron chi connectivity index (χ4n) is 6.37. The maximum Gasteiger partial charge on any atom is 0.178 e. The van der Waals surface area contributed by atoms with Crippen LogP contribution in [0.5, 0.6) is 0 Å². The summed E-state index contributed by atoms with van der Waals surface area (Å²) in [4.78, 5) is 14.0. The van der Waals surface area contributed by atoms with E-state index in [9.17, 15) is 0 Å². The van der Waals surface area contributed by atoms with Crippen LogP contribution in [-0.2, 0) is 12.8 Å². The fourth-order valence-corrected chi connectivity index (χ4v) is 6.37. The molecule has 4 aromatic carbocycles. The summed E-state index contributed by atoms with van der Waals surface area (Å²) in [5.41, 5.74) is 9.38. The minimum absolute atomic E-state index is 0.484. The Labute approximate surface area is 247 Å². The van der Waals surface area contributed by atoms with Crippen molar-refractivity contribution in [3.8, 4) is 11.1 Å². The molecule has 3 heterocycles. The second-order valence-corrected chi connectivity index (χ2v) is 12.1. The number of hydrogen-bond donors (Lipinski definition) is 0. The first kappa shape index (κ1) is 26.3. The standard InChI is InChI=1S/C37H36N4O/c1-24(2)19-27-22-31-30-15-8-9-16-33(30)42-35(31)32(20-25(3)4)34(27)26-11-10-14-29(21-26)41-23-40(28-12-6-5-7-13-28)36-37(41)39-18-17-38-36/h5-18,21-22,24-25H,19-20,23H2,1-4H3. The average molecular weight is 553 g/mol. The van der Waals surface area contributed by atoms with Gasteiger partial charge in [-0.25, -0.2) is 9.97 Å². The molecule has 210 valence electrons. The molecule has 0 atom stereocenters. The van der Waals surface area contributed by atoms with Gasteiger partial charge in [0.15, 0.2) is 11.6 Å². The molecule has 6 aromatic rings. The topological polar surface area (TPSA) is 45.4 Å². The predicted molar refractivity (Wildman–Crippen MR) is 174 cm³/mol. The summed E-state index contributed by atoms with van der Waals surface area (Å²) < 4.78 is 6.61. The van der Waals surface area contributed by atoms with E-state index in [1.165, 1.54) is 33.0 Å². The van der Waals surface area contributed by atoms with Gasteiger partial charge in [-0.1, -0.05) is 76.2 Å². The molecule has 0 amide bonds. The molecule has 5 heteroatoms. The molecule has 0 aliphatic carbocycles.